The van der Waals surface area contributed by atoms with Crippen molar-refractivity contribution in [2.45, 2.75) is 12.8 Å². The Bertz CT molecular complexity index is 434. The Balaban J connectivity index is 2.65. The van der Waals surface area contributed by atoms with Crippen LogP contribution in [-0.4, -0.2) is 16.7 Å². The summed E-state index contributed by atoms with van der Waals surface area (Å²) in [4.78, 5) is 0. The lowest BCUT2D eigenvalue weighted by Crippen LogP contribution is -2.09. The summed E-state index contributed by atoms with van der Waals surface area (Å²) in [5.74, 6) is 0.329. The highest BCUT2D eigenvalue weighted by atomic mass is 15.1. The van der Waals surface area contributed by atoms with Gasteiger partial charge in [0.25, 0.3) is 0 Å². The molecular weight excluding hydrogens is 174 g/mol. The Kier molecular flexibility index (Phi) is 2.41. The summed E-state index contributed by atoms with van der Waals surface area (Å²) >= 11 is 0. The molecule has 1 atom stereocenters. The van der Waals surface area contributed by atoms with Crippen molar-refractivity contribution in [3.8, 4) is 0 Å². The van der Waals surface area contributed by atoms with E-state index in [-0.39, 0.29) is 0 Å². The molecular formula is C11H13N3. The largest absolute Gasteiger partial charge is 0.330 e. The quantitative estimate of drug-likeness (QED) is 0.778. The van der Waals surface area contributed by atoms with Gasteiger partial charge in [0.15, 0.2) is 0 Å². The molecule has 0 fully saturated rings. The van der Waals surface area contributed by atoms with E-state index in [0.717, 1.165) is 10.9 Å². The van der Waals surface area contributed by atoms with Crippen LogP contribution in [0.3, 0.4) is 0 Å². The molecule has 0 amide bonds. The highest BCUT2D eigenvalue weighted by Gasteiger charge is 2.08. The van der Waals surface area contributed by atoms with Crippen molar-refractivity contribution in [2.75, 3.05) is 6.54 Å². The summed E-state index contributed by atoms with van der Waals surface area (Å²) in [5, 5.41) is 9.20. The zero-order chi connectivity index (χ0) is 9.97. The van der Waals surface area contributed by atoms with E-state index < -0.39 is 0 Å². The predicted molar refractivity (Wildman–Crippen MR) is 57.0 cm³/mol. The lowest BCUT2D eigenvalue weighted by atomic mass is 9.99. The maximum absolute atomic E-state index is 5.65. The van der Waals surface area contributed by atoms with E-state index in [0.29, 0.717) is 12.5 Å². The molecule has 72 valence electrons. The van der Waals surface area contributed by atoms with E-state index in [1.54, 1.807) is 6.20 Å². The topological polar surface area (TPSA) is 51.8 Å². The first-order chi connectivity index (χ1) is 6.83. The van der Waals surface area contributed by atoms with Gasteiger partial charge in [0.05, 0.1) is 11.7 Å². The van der Waals surface area contributed by atoms with E-state index in [2.05, 4.69) is 23.2 Å². The average molecular weight is 187 g/mol. The lowest BCUT2D eigenvalue weighted by molar-refractivity contribution is 0.772. The van der Waals surface area contributed by atoms with Gasteiger partial charge < -0.3 is 5.73 Å². The van der Waals surface area contributed by atoms with Crippen LogP contribution in [0.25, 0.3) is 10.9 Å². The Hall–Kier alpha value is -1.48. The van der Waals surface area contributed by atoms with E-state index in [4.69, 9.17) is 5.73 Å². The fourth-order valence-electron chi connectivity index (χ4n) is 1.55. The molecule has 0 aliphatic carbocycles. The van der Waals surface area contributed by atoms with Crippen molar-refractivity contribution in [3.05, 3.63) is 36.0 Å². The van der Waals surface area contributed by atoms with Gasteiger partial charge in [0.1, 0.15) is 0 Å². The number of hydrogen-bond donors (Lipinski definition) is 1. The van der Waals surface area contributed by atoms with Gasteiger partial charge in [-0.1, -0.05) is 25.1 Å². The van der Waals surface area contributed by atoms with Crippen LogP contribution in [-0.2, 0) is 0 Å². The fraction of sp³-hybridized carbons (Fsp3) is 0.273. The maximum atomic E-state index is 5.65. The molecule has 2 rings (SSSR count). The summed E-state index contributed by atoms with van der Waals surface area (Å²) in [5.41, 5.74) is 7.76. The molecule has 0 bridgehead atoms. The molecule has 2 aromatic rings. The third-order valence-electron chi connectivity index (χ3n) is 2.46. The van der Waals surface area contributed by atoms with Crippen LogP contribution >= 0.6 is 0 Å². The monoisotopic (exact) mass is 187 g/mol. The zero-order valence-electron chi connectivity index (χ0n) is 8.14. The Morgan fingerprint density at radius 2 is 2.14 bits per heavy atom. The standard InChI is InChI=1S/C11H13N3/c1-8(6-12)10-7-13-14-11-5-3-2-4-9(10)11/h2-5,7-8H,6,12H2,1H3. The molecule has 0 aliphatic heterocycles. The van der Waals surface area contributed by atoms with Gasteiger partial charge in [-0.3, -0.25) is 0 Å². The molecule has 0 aliphatic rings. The fourth-order valence-corrected chi connectivity index (χ4v) is 1.55. The number of nitrogens with two attached hydrogens (primary N) is 1. The second-order valence-corrected chi connectivity index (χ2v) is 3.45. The van der Waals surface area contributed by atoms with E-state index in [1.165, 1.54) is 5.56 Å². The number of benzene rings is 1. The number of hydrogen-bond acceptors (Lipinski definition) is 3. The number of nitrogens with zero attached hydrogens (tertiary/aromatic N) is 2. The number of fused-ring (bicyclic) bond motifs is 1. The van der Waals surface area contributed by atoms with Gasteiger partial charge in [0.2, 0.25) is 0 Å². The molecule has 1 heterocycles. The molecule has 2 N–H and O–H groups in total. The smallest absolute Gasteiger partial charge is 0.0932 e. The first-order valence-electron chi connectivity index (χ1n) is 4.73. The Morgan fingerprint density at radius 3 is 2.93 bits per heavy atom. The summed E-state index contributed by atoms with van der Waals surface area (Å²) in [6, 6.07) is 8.01. The molecule has 14 heavy (non-hydrogen) atoms. The average Bonchev–Trinajstić information content (AvgIpc) is 2.27. The minimum atomic E-state index is 0.329. The lowest BCUT2D eigenvalue weighted by Gasteiger charge is -2.10. The van der Waals surface area contributed by atoms with Crippen molar-refractivity contribution < 1.29 is 0 Å². The second kappa shape index (κ2) is 3.72. The molecule has 0 spiro atoms. The van der Waals surface area contributed by atoms with Crippen LogP contribution in [0.4, 0.5) is 0 Å². The SMILES string of the molecule is CC(CN)c1cnnc2ccccc12. The minimum Gasteiger partial charge on any atom is -0.330 e. The van der Waals surface area contributed by atoms with Crippen LogP contribution in [0.1, 0.15) is 18.4 Å². The molecule has 0 saturated heterocycles. The van der Waals surface area contributed by atoms with Gasteiger partial charge in [-0.05, 0) is 24.1 Å². The maximum Gasteiger partial charge on any atom is 0.0932 e. The van der Waals surface area contributed by atoms with E-state index in [1.807, 2.05) is 18.2 Å². The van der Waals surface area contributed by atoms with E-state index >= 15 is 0 Å². The van der Waals surface area contributed by atoms with Gasteiger partial charge in [-0.2, -0.15) is 10.2 Å². The first-order valence-corrected chi connectivity index (χ1v) is 4.73. The highest BCUT2D eigenvalue weighted by Crippen LogP contribution is 2.21. The Labute approximate surface area is 83.0 Å². The van der Waals surface area contributed by atoms with E-state index in [9.17, 15) is 0 Å². The molecule has 3 nitrogen and oxygen atoms in total. The van der Waals surface area contributed by atoms with Crippen molar-refractivity contribution in [1.82, 2.24) is 10.2 Å². The zero-order valence-corrected chi connectivity index (χ0v) is 8.14. The summed E-state index contributed by atoms with van der Waals surface area (Å²) in [6.07, 6.45) is 1.81. The van der Waals surface area contributed by atoms with Gasteiger partial charge in [-0.25, -0.2) is 0 Å². The van der Waals surface area contributed by atoms with Crippen molar-refractivity contribution in [3.63, 3.8) is 0 Å². The normalized spacial score (nSPS) is 13.0. The molecule has 1 aromatic carbocycles. The number of rotatable bonds is 2. The number of aromatic nitrogens is 2. The van der Waals surface area contributed by atoms with Crippen molar-refractivity contribution >= 4 is 10.9 Å². The molecule has 1 aromatic heterocycles. The highest BCUT2D eigenvalue weighted by molar-refractivity contribution is 5.81. The minimum absolute atomic E-state index is 0.329. The third-order valence-corrected chi connectivity index (χ3v) is 2.46. The first kappa shape index (κ1) is 9.09. The molecule has 1 unspecified atom stereocenters. The Morgan fingerprint density at radius 1 is 1.36 bits per heavy atom. The molecule has 0 radical (unpaired) electrons. The van der Waals surface area contributed by atoms with Gasteiger partial charge >= 0.3 is 0 Å². The van der Waals surface area contributed by atoms with Crippen molar-refractivity contribution in [1.29, 1.82) is 0 Å². The second-order valence-electron chi connectivity index (χ2n) is 3.45. The van der Waals surface area contributed by atoms with Crippen molar-refractivity contribution in [2.24, 2.45) is 5.73 Å². The molecule has 3 heteroatoms. The van der Waals surface area contributed by atoms with Crippen LogP contribution in [0.2, 0.25) is 0 Å². The summed E-state index contributed by atoms with van der Waals surface area (Å²) < 4.78 is 0. The molecule has 0 saturated carbocycles. The predicted octanol–water partition coefficient (Wildman–Crippen LogP) is 1.69. The van der Waals surface area contributed by atoms with Crippen LogP contribution in [0.5, 0.6) is 0 Å². The third kappa shape index (κ3) is 1.46. The summed E-state index contributed by atoms with van der Waals surface area (Å²) in [6.45, 7) is 2.74. The van der Waals surface area contributed by atoms with Gasteiger partial charge in [-0.15, -0.1) is 0 Å². The van der Waals surface area contributed by atoms with Crippen LogP contribution < -0.4 is 5.73 Å². The van der Waals surface area contributed by atoms with Crippen LogP contribution in [0, 0.1) is 0 Å². The van der Waals surface area contributed by atoms with Crippen LogP contribution in [0.15, 0.2) is 30.5 Å². The summed E-state index contributed by atoms with van der Waals surface area (Å²) in [7, 11) is 0. The van der Waals surface area contributed by atoms with Gasteiger partial charge in [0, 0.05) is 5.39 Å².